The molecule has 2 unspecified atom stereocenters. The summed E-state index contributed by atoms with van der Waals surface area (Å²) in [4.78, 5) is 10.2. The molecule has 16 heavy (non-hydrogen) atoms. The van der Waals surface area contributed by atoms with Gasteiger partial charge in [-0.3, -0.25) is 10.1 Å². The summed E-state index contributed by atoms with van der Waals surface area (Å²) in [5, 5.41) is 13.8. The van der Waals surface area contributed by atoms with Gasteiger partial charge in [-0.2, -0.15) is 0 Å². The average Bonchev–Trinajstić information content (AvgIpc) is 2.20. The Bertz CT molecular complexity index is 391. The van der Waals surface area contributed by atoms with E-state index in [0.29, 0.717) is 0 Å². The Morgan fingerprint density at radius 3 is 2.50 bits per heavy atom. The topological polar surface area (TPSA) is 81.2 Å². The molecule has 5 heteroatoms. The fourth-order valence-electron chi connectivity index (χ4n) is 1.30. The summed E-state index contributed by atoms with van der Waals surface area (Å²) in [6.45, 7) is 5.73. The number of nitro benzene ring substituents is 1. The quantitative estimate of drug-likeness (QED) is 0.604. The third kappa shape index (κ3) is 2.93. The number of rotatable bonds is 4. The van der Waals surface area contributed by atoms with E-state index in [1.165, 1.54) is 6.07 Å². The average molecular weight is 223 g/mol. The first-order chi connectivity index (χ1) is 7.41. The lowest BCUT2D eigenvalue weighted by Crippen LogP contribution is -2.35. The number of hydrogen-bond acceptors (Lipinski definition) is 4. The van der Waals surface area contributed by atoms with Gasteiger partial charge < -0.3 is 11.1 Å². The fraction of sp³-hybridized carbons (Fsp3) is 0.455. The molecule has 1 aromatic rings. The largest absolute Gasteiger partial charge is 0.381 e. The van der Waals surface area contributed by atoms with Gasteiger partial charge in [-0.15, -0.1) is 0 Å². The molecule has 0 spiro atoms. The molecule has 0 saturated heterocycles. The molecule has 0 aliphatic rings. The number of non-ortho nitro benzene ring substituents is 1. The number of benzene rings is 1. The van der Waals surface area contributed by atoms with Crippen LogP contribution >= 0.6 is 0 Å². The van der Waals surface area contributed by atoms with Crippen molar-refractivity contribution in [1.29, 1.82) is 0 Å². The third-order valence-electron chi connectivity index (χ3n) is 2.59. The van der Waals surface area contributed by atoms with Gasteiger partial charge in [-0.1, -0.05) is 0 Å². The predicted molar refractivity (Wildman–Crippen MR) is 64.6 cm³/mol. The molecule has 0 bridgehead atoms. The fourth-order valence-corrected chi connectivity index (χ4v) is 1.30. The number of anilines is 1. The predicted octanol–water partition coefficient (Wildman–Crippen LogP) is 2.05. The number of nitrogens with zero attached hydrogens (tertiary/aromatic N) is 1. The maximum atomic E-state index is 10.6. The molecular weight excluding hydrogens is 206 g/mol. The lowest BCUT2D eigenvalue weighted by atomic mass is 10.1. The van der Waals surface area contributed by atoms with Crippen molar-refractivity contribution in [2.24, 2.45) is 5.73 Å². The Labute approximate surface area is 94.8 Å². The second-order valence-electron chi connectivity index (χ2n) is 4.05. The molecule has 0 fully saturated rings. The normalized spacial score (nSPS) is 14.2. The summed E-state index contributed by atoms with van der Waals surface area (Å²) in [7, 11) is 0. The van der Waals surface area contributed by atoms with Crippen molar-refractivity contribution in [3.63, 3.8) is 0 Å². The van der Waals surface area contributed by atoms with Gasteiger partial charge in [-0.25, -0.2) is 0 Å². The minimum absolute atomic E-state index is 0.0228. The van der Waals surface area contributed by atoms with E-state index < -0.39 is 4.92 Å². The van der Waals surface area contributed by atoms with Crippen LogP contribution in [0.2, 0.25) is 0 Å². The van der Waals surface area contributed by atoms with Crippen LogP contribution in [-0.2, 0) is 0 Å². The molecule has 0 saturated carbocycles. The molecule has 0 amide bonds. The molecule has 88 valence electrons. The van der Waals surface area contributed by atoms with Crippen molar-refractivity contribution < 1.29 is 4.92 Å². The molecule has 3 N–H and O–H groups in total. The summed E-state index contributed by atoms with van der Waals surface area (Å²) >= 11 is 0. The molecule has 1 aromatic carbocycles. The van der Waals surface area contributed by atoms with Gasteiger partial charge in [0.25, 0.3) is 5.69 Å². The number of nitrogens with two attached hydrogens (primary N) is 1. The lowest BCUT2D eigenvalue weighted by molar-refractivity contribution is -0.384. The zero-order valence-electron chi connectivity index (χ0n) is 9.73. The van der Waals surface area contributed by atoms with Gasteiger partial charge in [0.2, 0.25) is 0 Å². The van der Waals surface area contributed by atoms with Gasteiger partial charge in [0.1, 0.15) is 0 Å². The highest BCUT2D eigenvalue weighted by molar-refractivity contribution is 5.55. The smallest absolute Gasteiger partial charge is 0.269 e. The van der Waals surface area contributed by atoms with Gasteiger partial charge in [0.05, 0.1) is 4.92 Å². The Hall–Kier alpha value is -1.62. The van der Waals surface area contributed by atoms with Crippen molar-refractivity contribution in [2.45, 2.75) is 32.9 Å². The summed E-state index contributed by atoms with van der Waals surface area (Å²) < 4.78 is 0. The second kappa shape index (κ2) is 4.94. The third-order valence-corrected chi connectivity index (χ3v) is 2.59. The van der Waals surface area contributed by atoms with Crippen LogP contribution < -0.4 is 11.1 Å². The highest BCUT2D eigenvalue weighted by Gasteiger charge is 2.11. The van der Waals surface area contributed by atoms with Crippen molar-refractivity contribution >= 4 is 11.4 Å². The van der Waals surface area contributed by atoms with E-state index in [2.05, 4.69) is 5.32 Å². The highest BCUT2D eigenvalue weighted by Crippen LogP contribution is 2.21. The Balaban J connectivity index is 2.87. The number of nitro groups is 1. The maximum Gasteiger partial charge on any atom is 0.269 e. The highest BCUT2D eigenvalue weighted by atomic mass is 16.6. The summed E-state index contributed by atoms with van der Waals surface area (Å²) in [5.41, 5.74) is 7.58. The second-order valence-corrected chi connectivity index (χ2v) is 4.05. The van der Waals surface area contributed by atoms with Crippen LogP contribution in [0.4, 0.5) is 11.4 Å². The minimum Gasteiger partial charge on any atom is -0.381 e. The Morgan fingerprint density at radius 2 is 2.06 bits per heavy atom. The van der Waals surface area contributed by atoms with Crippen LogP contribution in [0.1, 0.15) is 19.4 Å². The number of hydrogen-bond donors (Lipinski definition) is 2. The van der Waals surface area contributed by atoms with Crippen LogP contribution in [0.3, 0.4) is 0 Å². The number of aryl methyl sites for hydroxylation is 1. The zero-order valence-corrected chi connectivity index (χ0v) is 9.73. The first-order valence-corrected chi connectivity index (χ1v) is 5.19. The zero-order chi connectivity index (χ0) is 12.3. The van der Waals surface area contributed by atoms with Crippen molar-refractivity contribution in [3.8, 4) is 0 Å². The molecule has 0 aromatic heterocycles. The van der Waals surface area contributed by atoms with Crippen LogP contribution in [0, 0.1) is 17.0 Å². The van der Waals surface area contributed by atoms with Gasteiger partial charge in [0, 0.05) is 29.9 Å². The SMILES string of the molecule is Cc1cc([N+](=O)[O-])ccc1NC(C)C(C)N. The molecule has 5 nitrogen and oxygen atoms in total. The van der Waals surface area contributed by atoms with Crippen molar-refractivity contribution in [2.75, 3.05) is 5.32 Å². The van der Waals surface area contributed by atoms with E-state index in [-0.39, 0.29) is 17.8 Å². The summed E-state index contributed by atoms with van der Waals surface area (Å²) in [5.74, 6) is 0. The molecule has 0 aliphatic heterocycles. The van der Waals surface area contributed by atoms with Crippen LogP contribution in [0.15, 0.2) is 18.2 Å². The first kappa shape index (κ1) is 12.4. The Morgan fingerprint density at radius 1 is 1.44 bits per heavy atom. The van der Waals surface area contributed by atoms with Crippen molar-refractivity contribution in [3.05, 3.63) is 33.9 Å². The van der Waals surface area contributed by atoms with Crippen LogP contribution in [0.25, 0.3) is 0 Å². The van der Waals surface area contributed by atoms with E-state index in [1.807, 2.05) is 20.8 Å². The van der Waals surface area contributed by atoms with E-state index in [1.54, 1.807) is 12.1 Å². The molecule has 0 heterocycles. The summed E-state index contributed by atoms with van der Waals surface area (Å²) in [6, 6.07) is 4.90. The van der Waals surface area contributed by atoms with Gasteiger partial charge >= 0.3 is 0 Å². The maximum absolute atomic E-state index is 10.6. The Kier molecular flexibility index (Phi) is 3.84. The molecule has 1 rings (SSSR count). The standard InChI is InChI=1S/C11H17N3O2/c1-7-6-10(14(15)16)4-5-11(7)13-9(3)8(2)12/h4-6,8-9,13H,12H2,1-3H3. The van der Waals surface area contributed by atoms with E-state index in [9.17, 15) is 10.1 Å². The molecular formula is C11H17N3O2. The monoisotopic (exact) mass is 223 g/mol. The van der Waals surface area contributed by atoms with E-state index in [0.717, 1.165) is 11.3 Å². The van der Waals surface area contributed by atoms with Gasteiger partial charge in [0.15, 0.2) is 0 Å². The lowest BCUT2D eigenvalue weighted by Gasteiger charge is -2.19. The first-order valence-electron chi connectivity index (χ1n) is 5.19. The molecule has 0 radical (unpaired) electrons. The van der Waals surface area contributed by atoms with E-state index >= 15 is 0 Å². The minimum atomic E-state index is -0.397. The summed E-state index contributed by atoms with van der Waals surface area (Å²) in [6.07, 6.45) is 0. The van der Waals surface area contributed by atoms with Gasteiger partial charge in [-0.05, 0) is 32.4 Å². The van der Waals surface area contributed by atoms with Crippen molar-refractivity contribution in [1.82, 2.24) is 0 Å². The van der Waals surface area contributed by atoms with Crippen LogP contribution in [-0.4, -0.2) is 17.0 Å². The number of nitrogens with one attached hydrogen (secondary N) is 1. The van der Waals surface area contributed by atoms with Crippen LogP contribution in [0.5, 0.6) is 0 Å². The molecule has 0 aliphatic carbocycles. The van der Waals surface area contributed by atoms with E-state index in [4.69, 9.17) is 5.73 Å². The molecule has 2 atom stereocenters.